The molecule has 232 valence electrons. The number of para-hydroxylation sites is 2. The molecule has 0 aliphatic heterocycles. The van der Waals surface area contributed by atoms with Crippen molar-refractivity contribution in [3.63, 3.8) is 0 Å². The Morgan fingerprint density at radius 2 is 1.37 bits per heavy atom. The van der Waals surface area contributed by atoms with E-state index in [-0.39, 0.29) is 50.9 Å². The summed E-state index contributed by atoms with van der Waals surface area (Å²) in [6, 6.07) is 14.0. The van der Waals surface area contributed by atoms with Crippen molar-refractivity contribution in [1.82, 2.24) is 15.0 Å². The summed E-state index contributed by atoms with van der Waals surface area (Å²) < 4.78 is 142. The first-order valence-electron chi connectivity index (χ1n) is 23.3. The van der Waals surface area contributed by atoms with E-state index in [0.29, 0.717) is 22.3 Å². The number of aromatic nitrogens is 3. The quantitative estimate of drug-likeness (QED) is 0.191. The second kappa shape index (κ2) is 11.2. The highest BCUT2D eigenvalue weighted by Crippen LogP contribution is 2.50. The van der Waals surface area contributed by atoms with E-state index in [1.807, 2.05) is 42.5 Å². The van der Waals surface area contributed by atoms with Crippen LogP contribution in [0.25, 0.3) is 67.0 Å². The average molecular weight is 645 g/mol. The summed E-state index contributed by atoms with van der Waals surface area (Å²) in [5, 5.41) is 1.63. The molecule has 4 nitrogen and oxygen atoms in total. The van der Waals surface area contributed by atoms with E-state index in [2.05, 4.69) is 0 Å². The lowest BCUT2D eigenvalue weighted by Crippen LogP contribution is -2.13. The van der Waals surface area contributed by atoms with Crippen LogP contribution < -0.4 is 0 Å². The Kier molecular flexibility index (Phi) is 3.86. The van der Waals surface area contributed by atoms with Crippen LogP contribution in [0.4, 0.5) is 0 Å². The third kappa shape index (κ3) is 4.63. The maximum absolute atomic E-state index is 9.77. The fraction of sp³-hybridized carbons (Fsp3) is 0.0889. The number of fused-ring (bicyclic) bond motifs is 9. The molecule has 4 unspecified atom stereocenters. The highest BCUT2D eigenvalue weighted by atomic mass is 16.3. The van der Waals surface area contributed by atoms with E-state index < -0.39 is 109 Å². The standard InChI is InChI=1S/C45H31N3O/c1-2-12-28(13-3-1)43-46-44(48-45(47-43)39-22-11-21-38-37-20-8-9-23-41(37)49-42(38)39)31-15-10-14-29(26-31)30-24-25-36-34-18-5-4-16-32(34)33-17-6-7-19-35(33)40(36)27-30/h1-9,11-14,16-24,26-27,36H,10,15,25H2/i4D,5D,6D,7D,10D,14D,15D,16D,17D,18D,19D,24D,25D,26D,27D. The van der Waals surface area contributed by atoms with Gasteiger partial charge in [-0.05, 0) is 81.9 Å². The maximum atomic E-state index is 9.77. The molecule has 7 aromatic rings. The molecule has 4 atom stereocenters. The van der Waals surface area contributed by atoms with Crippen LogP contribution in [0.3, 0.4) is 0 Å². The maximum Gasteiger partial charge on any atom is 0.167 e. The smallest absolute Gasteiger partial charge is 0.167 e. The fourth-order valence-corrected chi connectivity index (χ4v) is 6.48. The summed E-state index contributed by atoms with van der Waals surface area (Å²) in [7, 11) is 0. The molecule has 49 heavy (non-hydrogen) atoms. The Hall–Kier alpha value is -6.13. The van der Waals surface area contributed by atoms with Crippen LogP contribution in [0.2, 0.25) is 0 Å². The largest absolute Gasteiger partial charge is 0.455 e. The molecule has 0 radical (unpaired) electrons. The molecule has 5 aromatic carbocycles. The summed E-state index contributed by atoms with van der Waals surface area (Å²) >= 11 is 0. The first-order chi connectivity index (χ1) is 30.5. The number of allylic oxidation sites excluding steroid dienone is 8. The van der Waals surface area contributed by atoms with Crippen molar-refractivity contribution in [3.8, 4) is 33.9 Å². The van der Waals surface area contributed by atoms with Crippen LogP contribution in [0.1, 0.15) is 62.6 Å². The average Bonchev–Trinajstić information content (AvgIpc) is 3.69. The molecule has 2 heterocycles. The van der Waals surface area contributed by atoms with Crippen molar-refractivity contribution in [1.29, 1.82) is 0 Å². The van der Waals surface area contributed by atoms with E-state index in [0.717, 1.165) is 10.8 Å². The SMILES string of the molecule is [2H]C1=C(c2nc(-c3ccccc3)nc(-c3cccc4c3oc3ccccc34)n2)C([2H])C([2H])C([2H])=C1C1=C([2H])C([2H])C2C(=C1[2H])c1c([2H])c([2H])c([2H])c([2H])c1-c1c([2H])c([2H])c([2H])c([2H])c12. The van der Waals surface area contributed by atoms with Gasteiger partial charge in [0.25, 0.3) is 0 Å². The lowest BCUT2D eigenvalue weighted by atomic mass is 9.71. The molecule has 3 aliphatic rings. The monoisotopic (exact) mass is 644 g/mol. The Morgan fingerprint density at radius 3 is 2.29 bits per heavy atom. The number of benzene rings is 5. The van der Waals surface area contributed by atoms with Crippen molar-refractivity contribution in [2.24, 2.45) is 0 Å². The molecule has 0 spiro atoms. The van der Waals surface area contributed by atoms with Gasteiger partial charge < -0.3 is 4.42 Å². The van der Waals surface area contributed by atoms with E-state index in [1.54, 1.807) is 30.3 Å². The Labute approximate surface area is 305 Å². The van der Waals surface area contributed by atoms with Crippen LogP contribution in [0.15, 0.2) is 161 Å². The highest BCUT2D eigenvalue weighted by Gasteiger charge is 2.30. The van der Waals surface area contributed by atoms with Crippen molar-refractivity contribution in [3.05, 3.63) is 173 Å². The van der Waals surface area contributed by atoms with Gasteiger partial charge in [0.15, 0.2) is 17.5 Å². The lowest BCUT2D eigenvalue weighted by Gasteiger charge is -2.33. The van der Waals surface area contributed by atoms with Gasteiger partial charge >= 0.3 is 0 Å². The van der Waals surface area contributed by atoms with Gasteiger partial charge in [-0.25, -0.2) is 15.0 Å². The van der Waals surface area contributed by atoms with Gasteiger partial charge in [-0.15, -0.1) is 0 Å². The minimum atomic E-state index is -1.80. The molecule has 0 saturated carbocycles. The predicted octanol–water partition coefficient (Wildman–Crippen LogP) is 11.4. The Balaban J connectivity index is 1.24. The summed E-state index contributed by atoms with van der Waals surface area (Å²) in [5.41, 5.74) is -0.467. The Bertz CT molecular complexity index is 3380. The normalized spacial score (nSPS) is 26.2. The summed E-state index contributed by atoms with van der Waals surface area (Å²) in [6.07, 6.45) is -5.17. The van der Waals surface area contributed by atoms with Gasteiger partial charge in [-0.3, -0.25) is 0 Å². The van der Waals surface area contributed by atoms with Crippen LogP contribution in [-0.2, 0) is 0 Å². The predicted molar refractivity (Wildman–Crippen MR) is 199 cm³/mol. The van der Waals surface area contributed by atoms with Gasteiger partial charge in [0.1, 0.15) is 11.2 Å². The topological polar surface area (TPSA) is 51.8 Å². The molecule has 0 fully saturated rings. The summed E-state index contributed by atoms with van der Waals surface area (Å²) in [6.45, 7) is 0. The second-order valence-corrected chi connectivity index (χ2v) is 11.6. The highest BCUT2D eigenvalue weighted by molar-refractivity contribution is 6.09. The fourth-order valence-electron chi connectivity index (χ4n) is 6.48. The molecule has 2 aromatic heterocycles. The minimum absolute atomic E-state index is 0.108. The number of furan rings is 1. The zero-order chi connectivity index (χ0) is 45.4. The number of rotatable bonds is 4. The lowest BCUT2D eigenvalue weighted by molar-refractivity contribution is 0.669. The number of nitrogens with zero attached hydrogens (tertiary/aromatic N) is 3. The van der Waals surface area contributed by atoms with E-state index in [4.69, 9.17) is 31.7 Å². The molecule has 0 bridgehead atoms. The van der Waals surface area contributed by atoms with Crippen molar-refractivity contribution in [2.45, 2.75) is 25.1 Å². The van der Waals surface area contributed by atoms with E-state index in [9.17, 15) is 8.22 Å². The van der Waals surface area contributed by atoms with Gasteiger partial charge in [-0.2, -0.15) is 0 Å². The molecule has 4 heteroatoms. The zero-order valence-electron chi connectivity index (χ0n) is 40.5. The number of hydrogen-bond donors (Lipinski definition) is 0. The third-order valence-electron chi connectivity index (χ3n) is 8.74. The van der Waals surface area contributed by atoms with Gasteiger partial charge in [0, 0.05) is 26.4 Å². The molecule has 10 rings (SSSR count). The molecular weight excluding hydrogens is 599 g/mol. The molecule has 0 N–H and O–H groups in total. The molecule has 0 saturated heterocycles. The van der Waals surface area contributed by atoms with E-state index >= 15 is 0 Å². The summed E-state index contributed by atoms with van der Waals surface area (Å²) in [5.74, 6) is -1.46. The van der Waals surface area contributed by atoms with Gasteiger partial charge in [0.05, 0.1) is 22.0 Å². The molecule has 3 aliphatic carbocycles. The first-order valence-corrected chi connectivity index (χ1v) is 15.6. The van der Waals surface area contributed by atoms with E-state index in [1.165, 1.54) is 0 Å². The van der Waals surface area contributed by atoms with Crippen LogP contribution >= 0.6 is 0 Å². The molecule has 0 amide bonds. The van der Waals surface area contributed by atoms with Crippen LogP contribution in [0.5, 0.6) is 0 Å². The second-order valence-electron chi connectivity index (χ2n) is 11.6. The third-order valence-corrected chi connectivity index (χ3v) is 8.74. The number of hydrogen-bond acceptors (Lipinski definition) is 4. The Morgan fingerprint density at radius 1 is 0.633 bits per heavy atom. The van der Waals surface area contributed by atoms with Crippen molar-refractivity contribution >= 4 is 33.1 Å². The first kappa shape index (κ1) is 16.8. The van der Waals surface area contributed by atoms with Crippen LogP contribution in [0, 0.1) is 0 Å². The van der Waals surface area contributed by atoms with Gasteiger partial charge in [-0.1, -0.05) is 127 Å². The molecular formula is C45H31N3O. The van der Waals surface area contributed by atoms with Crippen LogP contribution in [-0.4, -0.2) is 15.0 Å². The zero-order valence-corrected chi connectivity index (χ0v) is 25.5. The van der Waals surface area contributed by atoms with Gasteiger partial charge in [0.2, 0.25) is 0 Å². The summed E-state index contributed by atoms with van der Waals surface area (Å²) in [4.78, 5) is 14.3. The minimum Gasteiger partial charge on any atom is -0.455 e. The van der Waals surface area contributed by atoms with Crippen molar-refractivity contribution < 1.29 is 25.0 Å². The van der Waals surface area contributed by atoms with Crippen molar-refractivity contribution in [2.75, 3.05) is 0 Å².